The largest absolute Gasteiger partial charge is 0.469 e. The van der Waals surface area contributed by atoms with Gasteiger partial charge in [0.25, 0.3) is 0 Å². The Morgan fingerprint density at radius 2 is 1.05 bits per heavy atom. The summed E-state index contributed by atoms with van der Waals surface area (Å²) in [6.07, 6.45) is 2.80. The van der Waals surface area contributed by atoms with Crippen molar-refractivity contribution in [3.63, 3.8) is 0 Å². The Hall–Kier alpha value is -6.19. The number of hydrogen-bond acceptors (Lipinski definition) is 17. The first-order valence-electron chi connectivity index (χ1n) is 34.1. The second-order valence-electron chi connectivity index (χ2n) is 28.9. The molecule has 13 atom stereocenters. The van der Waals surface area contributed by atoms with Crippen LogP contribution >= 0.6 is 11.8 Å². The van der Waals surface area contributed by atoms with Crippen LogP contribution in [-0.2, 0) is 62.3 Å². The van der Waals surface area contributed by atoms with Gasteiger partial charge in [0.2, 0.25) is 59.1 Å². The van der Waals surface area contributed by atoms with Crippen molar-refractivity contribution in [2.45, 2.75) is 247 Å². The Bertz CT molecular complexity index is 2650. The van der Waals surface area contributed by atoms with E-state index in [1.165, 1.54) is 125 Å². The summed E-state index contributed by atoms with van der Waals surface area (Å²) in [5.74, 6) is -10.2. The van der Waals surface area contributed by atoms with Crippen LogP contribution in [0.15, 0.2) is 12.2 Å². The number of Topliss-reactive ketones (excluding diaryl/α,β-unsaturated/α-hetero) is 1. The highest BCUT2D eigenvalue weighted by molar-refractivity contribution is 7.99. The molecule has 0 saturated carbocycles. The zero-order chi connectivity index (χ0) is 74.3. The highest BCUT2D eigenvalue weighted by atomic mass is 32.2. The molecule has 96 heavy (non-hydrogen) atoms. The Morgan fingerprint density at radius 1 is 0.583 bits per heavy atom. The average molecular weight is 1380 g/mol. The maximum Gasteiger partial charge on any atom is 0.305 e. The molecule has 10 amide bonds. The molecule has 0 aromatic carbocycles. The van der Waals surface area contributed by atoms with Crippen LogP contribution in [0, 0.1) is 35.5 Å². The van der Waals surface area contributed by atoms with Gasteiger partial charge in [-0.15, -0.1) is 0 Å². The number of nitrogens with one attached hydrogen (secondary N) is 4. The molecular weight excluding hydrogens is 1250 g/mol. The first kappa shape index (κ1) is 87.8. The molecule has 0 aliphatic carbocycles. The topological polar surface area (TPSA) is 325 Å². The summed E-state index contributed by atoms with van der Waals surface area (Å²) in [5.41, 5.74) is -1.53. The third-order valence-corrected chi connectivity index (χ3v) is 18.9. The first-order chi connectivity index (χ1) is 44.3. The molecule has 0 unspecified atom stereocenters. The van der Waals surface area contributed by atoms with Gasteiger partial charge in [-0.1, -0.05) is 95.2 Å². The highest BCUT2D eigenvalue weighted by Crippen LogP contribution is 2.27. The number of nitrogens with zero attached hydrogens (tertiary/aromatic N) is 7. The van der Waals surface area contributed by atoms with E-state index < -0.39 is 173 Å². The number of ether oxygens (including phenoxy) is 1. The quantitative estimate of drug-likeness (QED) is 0.0544. The van der Waals surface area contributed by atoms with E-state index >= 15 is 28.8 Å². The van der Waals surface area contributed by atoms with E-state index in [1.54, 1.807) is 60.6 Å². The van der Waals surface area contributed by atoms with Gasteiger partial charge < -0.3 is 65.6 Å². The Morgan fingerprint density at radius 3 is 1.53 bits per heavy atom. The summed E-state index contributed by atoms with van der Waals surface area (Å²) in [6, 6.07) is -14.2. The fourth-order valence-electron chi connectivity index (χ4n) is 11.8. The molecule has 550 valence electrons. The van der Waals surface area contributed by atoms with Crippen molar-refractivity contribution in [2.24, 2.45) is 35.5 Å². The number of ketones is 1. The van der Waals surface area contributed by atoms with Gasteiger partial charge in [0, 0.05) is 60.9 Å². The van der Waals surface area contributed by atoms with E-state index in [1.807, 2.05) is 41.5 Å². The third-order valence-electron chi connectivity index (χ3n) is 17.8. The molecule has 0 aromatic heterocycles. The van der Waals surface area contributed by atoms with Gasteiger partial charge >= 0.3 is 5.97 Å². The summed E-state index contributed by atoms with van der Waals surface area (Å²) >= 11 is 1.27. The van der Waals surface area contributed by atoms with E-state index in [9.17, 15) is 39.0 Å². The lowest BCUT2D eigenvalue weighted by molar-refractivity contribution is -0.157. The van der Waals surface area contributed by atoms with Crippen molar-refractivity contribution in [3.05, 3.63) is 12.2 Å². The Kier molecular flexibility index (Phi) is 37.2. The Labute approximate surface area is 577 Å². The summed E-state index contributed by atoms with van der Waals surface area (Å²) in [4.78, 5) is 184. The van der Waals surface area contributed by atoms with Crippen molar-refractivity contribution in [1.29, 1.82) is 0 Å². The lowest BCUT2D eigenvalue weighted by Crippen LogP contribution is -2.64. The second-order valence-corrected chi connectivity index (χ2v) is 30.0. The lowest BCUT2D eigenvalue weighted by Gasteiger charge is -2.41. The second kappa shape index (κ2) is 40.6. The normalized spacial score (nSPS) is 26.3. The summed E-state index contributed by atoms with van der Waals surface area (Å²) in [5, 5.41) is 34.6. The van der Waals surface area contributed by atoms with Crippen LogP contribution < -0.4 is 21.3 Å². The number of hydrogen-bond donors (Lipinski definition) is 6. The minimum atomic E-state index is -1.67. The zero-order valence-corrected chi connectivity index (χ0v) is 63.4. The minimum Gasteiger partial charge on any atom is -0.469 e. The Balaban J connectivity index is 4.52. The molecule has 1 heterocycles. The van der Waals surface area contributed by atoms with E-state index in [0.717, 1.165) is 4.90 Å². The van der Waals surface area contributed by atoms with E-state index in [4.69, 9.17) is 4.74 Å². The van der Waals surface area contributed by atoms with Crippen LogP contribution in [-0.4, -0.2) is 268 Å². The summed E-state index contributed by atoms with van der Waals surface area (Å²) in [7, 11) is 11.2. The molecule has 0 radical (unpaired) electrons. The maximum absolute atomic E-state index is 15.3. The fraction of sp³-hybridized carbons (Fsp3) is 0.797. The molecule has 1 fully saturated rings. The molecule has 1 rings (SSSR count). The van der Waals surface area contributed by atoms with Gasteiger partial charge in [0.1, 0.15) is 60.4 Å². The number of likely N-dealkylation sites (N-methyl/N-ethyl adjacent to an activating group) is 7. The zero-order valence-electron chi connectivity index (χ0n) is 62.6. The smallest absolute Gasteiger partial charge is 0.305 e. The van der Waals surface area contributed by atoms with E-state index in [0.29, 0.717) is 12.2 Å². The molecular formula is C69H123N11O15S. The average Bonchev–Trinajstić information content (AvgIpc) is 0.828. The number of carbonyl (C=O) groups excluding carboxylic acids is 12. The number of thioether (sulfide) groups is 1. The van der Waals surface area contributed by atoms with Crippen molar-refractivity contribution in [2.75, 3.05) is 74.5 Å². The highest BCUT2D eigenvalue weighted by Gasteiger charge is 2.46. The van der Waals surface area contributed by atoms with Crippen LogP contribution in [0.4, 0.5) is 0 Å². The molecule has 0 bridgehead atoms. The SMILES string of the molecule is C/C=C/C[C@@H](C)[C@@H](O)[C@H]1C(=O)N[C@@H](CC)C(=O)N(C)[C@H](CSCCCC(=O)OC)C(=O)CN(C)[C@@H](CC(C)(C)O)C(=O)N[C@@H](C(C)C)C(=O)N(C)[C@@H](CC(C)C)C(=O)N[C@@H](C)C(=O)N[C@H](C)C(=O)N(C)[C@@H](CC(C)C)C(=O)N(C)[C@@H](CC(C)C)C(=O)N(C)[C@@H](C(C)C)C(=O)N1C. The van der Waals surface area contributed by atoms with Crippen LogP contribution in [0.1, 0.15) is 169 Å². The first-order valence-corrected chi connectivity index (χ1v) is 35.2. The van der Waals surface area contributed by atoms with Gasteiger partial charge in [-0.2, -0.15) is 11.8 Å². The monoisotopic (exact) mass is 1380 g/mol. The van der Waals surface area contributed by atoms with Crippen LogP contribution in [0.3, 0.4) is 0 Å². The predicted molar refractivity (Wildman–Crippen MR) is 372 cm³/mol. The molecule has 1 aliphatic rings. The van der Waals surface area contributed by atoms with Gasteiger partial charge in [-0.3, -0.25) is 62.4 Å². The van der Waals surface area contributed by atoms with Crippen molar-refractivity contribution >= 4 is 82.6 Å². The minimum absolute atomic E-state index is 0.0200. The number of allylic oxidation sites excluding steroid dienone is 2. The van der Waals surface area contributed by atoms with Gasteiger partial charge in [0.15, 0.2) is 5.78 Å². The molecule has 26 nitrogen and oxygen atoms in total. The number of amides is 10. The number of aliphatic hydroxyl groups is 2. The number of aliphatic hydroxyl groups excluding tert-OH is 1. The van der Waals surface area contributed by atoms with Crippen LogP contribution in [0.2, 0.25) is 0 Å². The number of methoxy groups -OCH3 is 1. The fourth-order valence-corrected chi connectivity index (χ4v) is 12.9. The van der Waals surface area contributed by atoms with Crippen molar-refractivity contribution in [3.8, 4) is 0 Å². The standard InChI is InChI=1S/C69H123N11O15S/c1-26-28-30-44(13)58(83)57-62(87)72-47(27-2)64(89)78(22)52(38-96-32-29-31-54(82)95-25)53(81)37-74(18)51(36-69(16,17)94)61(86)73-55(42(9)10)67(92)75(19)48(33-39(3)4)60(85)70-45(14)59(84)71-46(15)63(88)76(20)49(34-40(5)6)65(90)77(21)50(35-41(7)8)66(91)79(23)56(43(11)12)68(93)80(57)24/h26,28,39-52,55-58,83,94H,27,29-38H2,1-25H3,(H,70,85)(H,71,84)(H,72,87)(H,73,86)/b28-26+/t44-,45+,46-,47+,48+,49+,50+,51+,52-,55+,56+,57+,58-/m1/s1. The van der Waals surface area contributed by atoms with Crippen LogP contribution in [0.25, 0.3) is 0 Å². The molecule has 6 N–H and O–H groups in total. The van der Waals surface area contributed by atoms with Gasteiger partial charge in [-0.05, 0) is 121 Å². The van der Waals surface area contributed by atoms with Gasteiger partial charge in [0.05, 0.1) is 31.4 Å². The number of carbonyl (C=O) groups is 12. The molecule has 0 spiro atoms. The van der Waals surface area contributed by atoms with Crippen molar-refractivity contribution in [1.82, 2.24) is 55.6 Å². The summed E-state index contributed by atoms with van der Waals surface area (Å²) in [6.45, 7) is 28.4. The summed E-state index contributed by atoms with van der Waals surface area (Å²) < 4.78 is 4.82. The van der Waals surface area contributed by atoms with E-state index in [2.05, 4.69) is 21.3 Å². The van der Waals surface area contributed by atoms with Gasteiger partial charge in [-0.25, -0.2) is 0 Å². The maximum atomic E-state index is 15.3. The molecule has 0 aromatic rings. The molecule has 27 heteroatoms. The number of rotatable bonds is 21. The third kappa shape index (κ3) is 26.2. The predicted octanol–water partition coefficient (Wildman–Crippen LogP) is 3.48. The lowest BCUT2D eigenvalue weighted by atomic mass is 9.91. The van der Waals surface area contributed by atoms with E-state index in [-0.39, 0.29) is 68.5 Å². The number of esters is 1. The van der Waals surface area contributed by atoms with Crippen molar-refractivity contribution < 1.29 is 72.5 Å². The molecule has 1 aliphatic heterocycles. The molecule has 1 saturated heterocycles. The van der Waals surface area contributed by atoms with Crippen LogP contribution in [0.5, 0.6) is 0 Å².